The predicted molar refractivity (Wildman–Crippen MR) is 76.0 cm³/mol. The van der Waals surface area contributed by atoms with Crippen LogP contribution in [-0.4, -0.2) is 30.3 Å². The summed E-state index contributed by atoms with van der Waals surface area (Å²) in [6.45, 7) is 8.40. The number of fused-ring (bicyclic) bond motifs is 1. The lowest BCUT2D eigenvalue weighted by molar-refractivity contribution is 0.0504. The van der Waals surface area contributed by atoms with Crippen LogP contribution in [0, 0.1) is 11.8 Å². The Labute approximate surface area is 116 Å². The highest BCUT2D eigenvalue weighted by atomic mass is 16.6. The number of carbonyl (C=O) groups is 1. The smallest absolute Gasteiger partial charge is 0.407 e. The van der Waals surface area contributed by atoms with Crippen LogP contribution in [-0.2, 0) is 4.74 Å². The van der Waals surface area contributed by atoms with Gasteiger partial charge in [-0.2, -0.15) is 0 Å². The van der Waals surface area contributed by atoms with Crippen LogP contribution in [0.25, 0.3) is 0 Å². The van der Waals surface area contributed by atoms with Gasteiger partial charge in [-0.1, -0.05) is 12.2 Å². The zero-order valence-electron chi connectivity index (χ0n) is 12.4. The molecule has 0 bridgehead atoms. The maximum Gasteiger partial charge on any atom is 0.407 e. The second-order valence-electron chi connectivity index (χ2n) is 6.80. The highest BCUT2D eigenvalue weighted by Gasteiger charge is 2.40. The molecule has 4 heteroatoms. The third-order valence-corrected chi connectivity index (χ3v) is 3.81. The zero-order valence-corrected chi connectivity index (χ0v) is 12.4. The van der Waals surface area contributed by atoms with Gasteiger partial charge < -0.3 is 15.4 Å². The van der Waals surface area contributed by atoms with Crippen LogP contribution in [0.15, 0.2) is 12.2 Å². The van der Waals surface area contributed by atoms with Gasteiger partial charge in [-0.05, 0) is 52.4 Å². The molecule has 0 aromatic heterocycles. The molecule has 4 nitrogen and oxygen atoms in total. The minimum Gasteiger partial charge on any atom is -0.444 e. The van der Waals surface area contributed by atoms with Gasteiger partial charge in [0.2, 0.25) is 0 Å². The highest BCUT2D eigenvalue weighted by molar-refractivity contribution is 5.68. The molecule has 0 heterocycles. The third-order valence-electron chi connectivity index (χ3n) is 3.81. The summed E-state index contributed by atoms with van der Waals surface area (Å²) in [6.07, 6.45) is 6.79. The topological polar surface area (TPSA) is 50.4 Å². The quantitative estimate of drug-likeness (QED) is 0.769. The first-order valence-electron chi connectivity index (χ1n) is 7.25. The summed E-state index contributed by atoms with van der Waals surface area (Å²) in [5.41, 5.74) is -0.437. The summed E-state index contributed by atoms with van der Waals surface area (Å²) in [4.78, 5) is 11.6. The lowest BCUT2D eigenvalue weighted by Crippen LogP contribution is -2.52. The van der Waals surface area contributed by atoms with Crippen LogP contribution in [0.3, 0.4) is 0 Å². The molecule has 1 amide bonds. The van der Waals surface area contributed by atoms with Crippen molar-refractivity contribution in [1.82, 2.24) is 10.6 Å². The van der Waals surface area contributed by atoms with E-state index in [1.807, 2.05) is 27.7 Å². The number of hydrogen-bond donors (Lipinski definition) is 2. The largest absolute Gasteiger partial charge is 0.444 e. The number of nitrogens with one attached hydrogen (secondary N) is 2. The fourth-order valence-corrected chi connectivity index (χ4v) is 2.84. The molecule has 0 spiro atoms. The Hall–Kier alpha value is -1.03. The molecule has 0 saturated heterocycles. The van der Waals surface area contributed by atoms with Crippen molar-refractivity contribution in [2.45, 2.75) is 58.2 Å². The molecule has 2 rings (SSSR count). The predicted octanol–water partition coefficient (Wildman–Crippen LogP) is 2.45. The first-order valence-corrected chi connectivity index (χ1v) is 7.25. The molecule has 108 valence electrons. The summed E-state index contributed by atoms with van der Waals surface area (Å²) in [6, 6.07) is 0.672. The van der Waals surface area contributed by atoms with Gasteiger partial charge in [-0.25, -0.2) is 4.79 Å². The molecule has 0 radical (unpaired) electrons. The Bertz CT molecular complexity index is 360. The lowest BCUT2D eigenvalue weighted by Gasteiger charge is -2.41. The van der Waals surface area contributed by atoms with E-state index < -0.39 is 5.60 Å². The van der Waals surface area contributed by atoms with Gasteiger partial charge in [0.15, 0.2) is 0 Å². The molecule has 4 atom stereocenters. The van der Waals surface area contributed by atoms with Crippen molar-refractivity contribution in [2.24, 2.45) is 11.8 Å². The first-order chi connectivity index (χ1) is 8.85. The molecule has 0 aliphatic heterocycles. The maximum atomic E-state index is 11.6. The molecule has 19 heavy (non-hydrogen) atoms. The summed E-state index contributed by atoms with van der Waals surface area (Å²) in [7, 11) is 0. The molecule has 1 saturated carbocycles. The Balaban J connectivity index is 1.63. The third kappa shape index (κ3) is 3.96. The van der Waals surface area contributed by atoms with Crippen LogP contribution < -0.4 is 10.6 Å². The van der Waals surface area contributed by atoms with Crippen LogP contribution in [0.2, 0.25) is 0 Å². The molecular formula is C15H26N2O2. The monoisotopic (exact) mass is 266 g/mol. The second-order valence-corrected chi connectivity index (χ2v) is 6.80. The van der Waals surface area contributed by atoms with Crippen molar-refractivity contribution in [3.63, 3.8) is 0 Å². The van der Waals surface area contributed by atoms with Crippen molar-refractivity contribution in [3.8, 4) is 0 Å². The van der Waals surface area contributed by atoms with Gasteiger partial charge in [-0.3, -0.25) is 0 Å². The van der Waals surface area contributed by atoms with E-state index in [9.17, 15) is 4.79 Å². The summed E-state index contributed by atoms with van der Waals surface area (Å²) >= 11 is 0. The number of allylic oxidation sites excluding steroid dienone is 1. The van der Waals surface area contributed by atoms with Gasteiger partial charge in [0.05, 0.1) is 0 Å². The fourth-order valence-electron chi connectivity index (χ4n) is 2.84. The summed E-state index contributed by atoms with van der Waals surface area (Å²) in [5.74, 6) is 1.58. The number of hydrogen-bond acceptors (Lipinski definition) is 3. The van der Waals surface area contributed by atoms with Gasteiger partial charge in [0.1, 0.15) is 5.60 Å². The standard InChI is InChI=1S/C15H26N2O2/c1-10(17-14(18)19-15(2,3)4)9-16-13-8-11-6-5-7-12(11)13/h5,7,10-13,16H,6,8-9H2,1-4H3,(H,17,18). The van der Waals surface area contributed by atoms with Crippen LogP contribution >= 0.6 is 0 Å². The minimum atomic E-state index is -0.437. The van der Waals surface area contributed by atoms with Crippen molar-refractivity contribution in [3.05, 3.63) is 12.2 Å². The number of alkyl carbamates (subject to hydrolysis) is 1. The van der Waals surface area contributed by atoms with E-state index in [2.05, 4.69) is 22.8 Å². The number of carbonyl (C=O) groups excluding carboxylic acids is 1. The van der Waals surface area contributed by atoms with Crippen LogP contribution in [0.4, 0.5) is 4.79 Å². The van der Waals surface area contributed by atoms with E-state index in [1.165, 1.54) is 12.8 Å². The fraction of sp³-hybridized carbons (Fsp3) is 0.800. The number of rotatable bonds is 4. The summed E-state index contributed by atoms with van der Waals surface area (Å²) in [5, 5.41) is 6.39. The van der Waals surface area contributed by atoms with E-state index in [-0.39, 0.29) is 12.1 Å². The molecule has 2 N–H and O–H groups in total. The molecule has 0 aromatic carbocycles. The van der Waals surface area contributed by atoms with Gasteiger partial charge in [0.25, 0.3) is 0 Å². The van der Waals surface area contributed by atoms with E-state index in [0.29, 0.717) is 12.0 Å². The molecular weight excluding hydrogens is 240 g/mol. The van der Waals surface area contributed by atoms with Crippen LogP contribution in [0.1, 0.15) is 40.5 Å². The first kappa shape index (κ1) is 14.4. The summed E-state index contributed by atoms with van der Waals surface area (Å²) < 4.78 is 5.24. The van der Waals surface area contributed by atoms with Crippen molar-refractivity contribution >= 4 is 6.09 Å². The maximum absolute atomic E-state index is 11.6. The normalized spacial score (nSPS) is 30.4. The lowest BCUT2D eigenvalue weighted by atomic mass is 9.71. The van der Waals surface area contributed by atoms with E-state index in [1.54, 1.807) is 0 Å². The van der Waals surface area contributed by atoms with Crippen molar-refractivity contribution < 1.29 is 9.53 Å². The highest BCUT2D eigenvalue weighted by Crippen LogP contribution is 2.42. The van der Waals surface area contributed by atoms with Gasteiger partial charge >= 0.3 is 6.09 Å². The Morgan fingerprint density at radius 1 is 1.47 bits per heavy atom. The molecule has 2 aliphatic carbocycles. The SMILES string of the molecule is CC(CNC1CC2CC=CC21)NC(=O)OC(C)(C)C. The zero-order chi connectivity index (χ0) is 14.0. The van der Waals surface area contributed by atoms with E-state index in [4.69, 9.17) is 4.74 Å². The van der Waals surface area contributed by atoms with E-state index in [0.717, 1.165) is 12.5 Å². The van der Waals surface area contributed by atoms with Crippen molar-refractivity contribution in [2.75, 3.05) is 6.54 Å². The Morgan fingerprint density at radius 2 is 2.21 bits per heavy atom. The average Bonchev–Trinajstić information content (AvgIpc) is 2.57. The van der Waals surface area contributed by atoms with Crippen molar-refractivity contribution in [1.29, 1.82) is 0 Å². The Kier molecular flexibility index (Phi) is 4.19. The second kappa shape index (κ2) is 5.53. The molecule has 2 aliphatic rings. The molecule has 4 unspecified atom stereocenters. The van der Waals surface area contributed by atoms with Gasteiger partial charge in [-0.15, -0.1) is 0 Å². The molecule has 0 aromatic rings. The minimum absolute atomic E-state index is 0.0827. The van der Waals surface area contributed by atoms with Gasteiger partial charge in [0, 0.05) is 18.6 Å². The molecule has 1 fully saturated rings. The Morgan fingerprint density at radius 3 is 2.84 bits per heavy atom. The van der Waals surface area contributed by atoms with Crippen LogP contribution in [0.5, 0.6) is 0 Å². The average molecular weight is 266 g/mol. The number of ether oxygens (including phenoxy) is 1. The van der Waals surface area contributed by atoms with E-state index >= 15 is 0 Å². The number of amides is 1.